The van der Waals surface area contributed by atoms with Gasteiger partial charge in [-0.1, -0.05) is 24.3 Å². The average Bonchev–Trinajstić information content (AvgIpc) is 2.68. The second kappa shape index (κ2) is 9.94. The highest BCUT2D eigenvalue weighted by Gasteiger charge is 2.18. The first-order chi connectivity index (χ1) is 13.3. The molecule has 2 aromatic carbocycles. The Bertz CT molecular complexity index is 882. The number of nitrogens with one attached hydrogen (secondary N) is 1. The number of para-hydroxylation sites is 1. The van der Waals surface area contributed by atoms with Gasteiger partial charge in [-0.05, 0) is 49.4 Å². The molecule has 28 heavy (non-hydrogen) atoms. The van der Waals surface area contributed by atoms with Crippen LogP contribution in [0.2, 0.25) is 0 Å². The number of carbonyl (C=O) groups excluding carboxylic acids is 3. The van der Waals surface area contributed by atoms with Crippen molar-refractivity contribution in [3.63, 3.8) is 0 Å². The van der Waals surface area contributed by atoms with Gasteiger partial charge >= 0.3 is 5.97 Å². The van der Waals surface area contributed by atoms with Crippen LogP contribution in [-0.2, 0) is 14.3 Å². The second-order valence-corrected chi connectivity index (χ2v) is 7.17. The molecular formula is C21H24N2O4S. The number of esters is 1. The van der Waals surface area contributed by atoms with E-state index >= 15 is 0 Å². The predicted molar refractivity (Wildman–Crippen MR) is 111 cm³/mol. The van der Waals surface area contributed by atoms with Crippen molar-refractivity contribution in [3.05, 3.63) is 59.2 Å². The Morgan fingerprint density at radius 2 is 1.79 bits per heavy atom. The molecule has 2 amide bonds. The Labute approximate surface area is 169 Å². The Hall–Kier alpha value is -2.80. The average molecular weight is 401 g/mol. The highest BCUT2D eigenvalue weighted by Crippen LogP contribution is 2.24. The van der Waals surface area contributed by atoms with Crippen molar-refractivity contribution >= 4 is 35.2 Å². The van der Waals surface area contributed by atoms with Crippen LogP contribution in [-0.4, -0.2) is 49.1 Å². The standard InChI is InChI=1S/C21H24N2O4S/c1-14-8-7-9-16(15(14)2)21(26)27-13-20(25)23(3)12-19(24)22-17-10-5-6-11-18(17)28-4/h5-11H,12-13H2,1-4H3,(H,22,24). The van der Waals surface area contributed by atoms with Crippen molar-refractivity contribution in [2.75, 3.05) is 31.8 Å². The summed E-state index contributed by atoms with van der Waals surface area (Å²) in [4.78, 5) is 38.8. The molecule has 7 heteroatoms. The van der Waals surface area contributed by atoms with Crippen molar-refractivity contribution in [1.29, 1.82) is 0 Å². The van der Waals surface area contributed by atoms with Crippen LogP contribution in [0, 0.1) is 13.8 Å². The Morgan fingerprint density at radius 3 is 2.50 bits per heavy atom. The summed E-state index contributed by atoms with van der Waals surface area (Å²) in [7, 11) is 1.49. The predicted octanol–water partition coefficient (Wildman–Crippen LogP) is 3.28. The number of hydrogen-bond acceptors (Lipinski definition) is 5. The van der Waals surface area contributed by atoms with Crippen LogP contribution in [0.1, 0.15) is 21.5 Å². The molecule has 148 valence electrons. The van der Waals surface area contributed by atoms with Gasteiger partial charge in [-0.25, -0.2) is 4.79 Å². The van der Waals surface area contributed by atoms with Crippen LogP contribution < -0.4 is 5.32 Å². The molecule has 0 heterocycles. The third kappa shape index (κ3) is 5.60. The summed E-state index contributed by atoms with van der Waals surface area (Å²) in [6, 6.07) is 12.8. The third-order valence-corrected chi connectivity index (χ3v) is 5.13. The molecule has 2 rings (SSSR count). The number of nitrogens with zero attached hydrogens (tertiary/aromatic N) is 1. The second-order valence-electron chi connectivity index (χ2n) is 6.32. The molecule has 0 aromatic heterocycles. The monoisotopic (exact) mass is 400 g/mol. The summed E-state index contributed by atoms with van der Waals surface area (Å²) >= 11 is 1.52. The molecule has 0 aliphatic carbocycles. The number of likely N-dealkylation sites (N-methyl/N-ethyl adjacent to an activating group) is 1. The largest absolute Gasteiger partial charge is 0.452 e. The van der Waals surface area contributed by atoms with Gasteiger partial charge in [0.1, 0.15) is 0 Å². The zero-order valence-electron chi connectivity index (χ0n) is 16.4. The van der Waals surface area contributed by atoms with Crippen LogP contribution in [0.4, 0.5) is 5.69 Å². The third-order valence-electron chi connectivity index (χ3n) is 4.34. The summed E-state index contributed by atoms with van der Waals surface area (Å²) in [6.07, 6.45) is 1.92. The Balaban J connectivity index is 1.87. The minimum Gasteiger partial charge on any atom is -0.452 e. The number of benzene rings is 2. The van der Waals surface area contributed by atoms with Crippen molar-refractivity contribution in [2.45, 2.75) is 18.7 Å². The first-order valence-corrected chi connectivity index (χ1v) is 9.96. The lowest BCUT2D eigenvalue weighted by Gasteiger charge is -2.17. The van der Waals surface area contributed by atoms with Gasteiger partial charge in [0.15, 0.2) is 6.61 Å². The van der Waals surface area contributed by atoms with Gasteiger partial charge < -0.3 is 15.0 Å². The van der Waals surface area contributed by atoms with E-state index in [9.17, 15) is 14.4 Å². The molecule has 0 spiro atoms. The number of amides is 2. The summed E-state index contributed by atoms with van der Waals surface area (Å²) in [5.41, 5.74) is 2.92. The highest BCUT2D eigenvalue weighted by atomic mass is 32.2. The summed E-state index contributed by atoms with van der Waals surface area (Å²) < 4.78 is 5.12. The maximum Gasteiger partial charge on any atom is 0.338 e. The first-order valence-electron chi connectivity index (χ1n) is 8.73. The van der Waals surface area contributed by atoms with E-state index in [-0.39, 0.29) is 12.5 Å². The number of ether oxygens (including phenoxy) is 1. The smallest absolute Gasteiger partial charge is 0.338 e. The van der Waals surface area contributed by atoms with E-state index in [1.54, 1.807) is 18.2 Å². The molecule has 0 unspecified atom stereocenters. The minimum absolute atomic E-state index is 0.136. The lowest BCUT2D eigenvalue weighted by Crippen LogP contribution is -2.37. The van der Waals surface area contributed by atoms with Crippen LogP contribution in [0.5, 0.6) is 0 Å². The Kier molecular flexibility index (Phi) is 7.63. The number of rotatable bonds is 7. The molecule has 0 aliphatic rings. The molecule has 0 fully saturated rings. The van der Waals surface area contributed by atoms with Crippen molar-refractivity contribution in [2.24, 2.45) is 0 Å². The van der Waals surface area contributed by atoms with Crippen molar-refractivity contribution in [3.8, 4) is 0 Å². The maximum absolute atomic E-state index is 12.2. The van der Waals surface area contributed by atoms with Gasteiger partial charge in [0.2, 0.25) is 5.91 Å². The van der Waals surface area contributed by atoms with Crippen LogP contribution in [0.25, 0.3) is 0 Å². The lowest BCUT2D eigenvalue weighted by molar-refractivity contribution is -0.136. The number of hydrogen-bond donors (Lipinski definition) is 1. The summed E-state index contributed by atoms with van der Waals surface area (Å²) in [5, 5.41) is 2.79. The molecule has 0 saturated heterocycles. The highest BCUT2D eigenvalue weighted by molar-refractivity contribution is 7.98. The van der Waals surface area contributed by atoms with E-state index in [4.69, 9.17) is 4.74 Å². The fourth-order valence-electron chi connectivity index (χ4n) is 2.53. The number of aryl methyl sites for hydroxylation is 1. The quantitative estimate of drug-likeness (QED) is 0.570. The van der Waals surface area contributed by atoms with Crippen LogP contribution >= 0.6 is 11.8 Å². The zero-order valence-corrected chi connectivity index (χ0v) is 17.3. The van der Waals surface area contributed by atoms with Gasteiger partial charge in [0.25, 0.3) is 5.91 Å². The van der Waals surface area contributed by atoms with E-state index in [1.165, 1.54) is 23.7 Å². The molecule has 6 nitrogen and oxygen atoms in total. The first kappa shape index (κ1) is 21.5. The van der Waals surface area contributed by atoms with Crippen LogP contribution in [0.3, 0.4) is 0 Å². The molecule has 0 bridgehead atoms. The molecule has 0 atom stereocenters. The normalized spacial score (nSPS) is 10.3. The number of carbonyl (C=O) groups is 3. The van der Waals surface area contributed by atoms with E-state index in [2.05, 4.69) is 5.32 Å². The molecule has 2 aromatic rings. The molecule has 0 saturated carbocycles. The molecule has 0 radical (unpaired) electrons. The molecular weight excluding hydrogens is 376 g/mol. The topological polar surface area (TPSA) is 75.7 Å². The number of thioether (sulfide) groups is 1. The number of anilines is 1. The van der Waals surface area contributed by atoms with Crippen LogP contribution in [0.15, 0.2) is 47.4 Å². The zero-order chi connectivity index (χ0) is 20.7. The fourth-order valence-corrected chi connectivity index (χ4v) is 3.08. The van der Waals surface area contributed by atoms with E-state index in [0.717, 1.165) is 16.0 Å². The fraction of sp³-hybridized carbons (Fsp3) is 0.286. The summed E-state index contributed by atoms with van der Waals surface area (Å²) in [5.74, 6) is -1.33. The Morgan fingerprint density at radius 1 is 1.07 bits per heavy atom. The van der Waals surface area contributed by atoms with E-state index in [0.29, 0.717) is 11.3 Å². The van der Waals surface area contributed by atoms with Gasteiger partial charge in [-0.15, -0.1) is 11.8 Å². The SMILES string of the molecule is CSc1ccccc1NC(=O)CN(C)C(=O)COC(=O)c1cccc(C)c1C. The maximum atomic E-state index is 12.2. The summed E-state index contributed by atoms with van der Waals surface area (Å²) in [6.45, 7) is 3.18. The van der Waals surface area contributed by atoms with Gasteiger partial charge in [0.05, 0.1) is 17.8 Å². The van der Waals surface area contributed by atoms with Crippen molar-refractivity contribution in [1.82, 2.24) is 4.90 Å². The van der Waals surface area contributed by atoms with Gasteiger partial charge in [0, 0.05) is 11.9 Å². The van der Waals surface area contributed by atoms with Gasteiger partial charge in [-0.2, -0.15) is 0 Å². The lowest BCUT2D eigenvalue weighted by atomic mass is 10.0. The van der Waals surface area contributed by atoms with Crippen molar-refractivity contribution < 1.29 is 19.1 Å². The van der Waals surface area contributed by atoms with E-state index < -0.39 is 18.5 Å². The minimum atomic E-state index is -0.554. The molecule has 1 N–H and O–H groups in total. The molecule has 0 aliphatic heterocycles. The van der Waals surface area contributed by atoms with E-state index in [1.807, 2.05) is 44.4 Å². The van der Waals surface area contributed by atoms with Gasteiger partial charge in [-0.3, -0.25) is 9.59 Å².